The average Bonchev–Trinajstić information content (AvgIpc) is 3.53. The minimum absolute atomic E-state index is 0.0259. The van der Waals surface area contributed by atoms with Gasteiger partial charge in [0.15, 0.2) is 10.8 Å². The minimum atomic E-state index is -0.0259. The highest BCUT2D eigenvalue weighted by Gasteiger charge is 2.28. The number of rotatable bonds is 6. The molecule has 1 fully saturated rings. The number of nitrogens with one attached hydrogen (secondary N) is 1. The number of furan rings is 1. The molecule has 1 amide bonds. The molecule has 32 heavy (non-hydrogen) atoms. The highest BCUT2D eigenvalue weighted by molar-refractivity contribution is 7.22. The van der Waals surface area contributed by atoms with Gasteiger partial charge in [0.2, 0.25) is 5.91 Å². The lowest BCUT2D eigenvalue weighted by molar-refractivity contribution is -0.125. The summed E-state index contributed by atoms with van der Waals surface area (Å²) in [5.74, 6) is 0.981. The maximum Gasteiger partial charge on any atom is 0.224 e. The third-order valence-electron chi connectivity index (χ3n) is 5.97. The number of benzene rings is 1. The molecule has 0 aliphatic carbocycles. The van der Waals surface area contributed by atoms with E-state index in [0.717, 1.165) is 52.0 Å². The lowest BCUT2D eigenvalue weighted by atomic mass is 9.97. The first-order valence-electron chi connectivity index (χ1n) is 11.1. The second kappa shape index (κ2) is 8.78. The number of amides is 1. The predicted molar refractivity (Wildman–Crippen MR) is 127 cm³/mol. The summed E-state index contributed by atoms with van der Waals surface area (Å²) in [5.41, 5.74) is 4.09. The van der Waals surface area contributed by atoms with E-state index >= 15 is 0 Å². The molecule has 3 aromatic heterocycles. The molecule has 1 aliphatic heterocycles. The molecule has 166 valence electrons. The normalized spacial score (nSPS) is 16.6. The number of aromatic nitrogens is 3. The summed E-state index contributed by atoms with van der Waals surface area (Å²) in [5, 5.41) is 8.75. The van der Waals surface area contributed by atoms with Gasteiger partial charge >= 0.3 is 0 Å². The molecule has 0 spiro atoms. The fourth-order valence-corrected chi connectivity index (χ4v) is 5.22. The molecule has 0 bridgehead atoms. The van der Waals surface area contributed by atoms with Crippen LogP contribution in [0.25, 0.3) is 16.0 Å². The van der Waals surface area contributed by atoms with Gasteiger partial charge in [-0.3, -0.25) is 4.79 Å². The van der Waals surface area contributed by atoms with E-state index in [2.05, 4.69) is 41.4 Å². The SMILES string of the molecule is Cc1ccc(-n2nc(C)c3sc(N4CCC[C@@H](C(=O)NCCc5ccco5)C4)nc32)cc1. The van der Waals surface area contributed by atoms with Crippen molar-refractivity contribution in [2.45, 2.75) is 33.1 Å². The van der Waals surface area contributed by atoms with Gasteiger partial charge in [-0.15, -0.1) is 0 Å². The fraction of sp³-hybridized carbons (Fsp3) is 0.375. The van der Waals surface area contributed by atoms with Crippen molar-refractivity contribution in [3.05, 3.63) is 59.7 Å². The number of anilines is 1. The van der Waals surface area contributed by atoms with Crippen molar-refractivity contribution in [3.63, 3.8) is 0 Å². The van der Waals surface area contributed by atoms with Crippen LogP contribution < -0.4 is 10.2 Å². The second-order valence-corrected chi connectivity index (χ2v) is 9.37. The molecule has 8 heteroatoms. The van der Waals surface area contributed by atoms with Crippen molar-refractivity contribution in [1.29, 1.82) is 0 Å². The van der Waals surface area contributed by atoms with E-state index in [4.69, 9.17) is 14.5 Å². The largest absolute Gasteiger partial charge is 0.469 e. The van der Waals surface area contributed by atoms with Gasteiger partial charge in [0.25, 0.3) is 0 Å². The molecule has 1 saturated heterocycles. The summed E-state index contributed by atoms with van der Waals surface area (Å²) in [7, 11) is 0. The van der Waals surface area contributed by atoms with Crippen LogP contribution in [0.1, 0.15) is 29.9 Å². The molecule has 1 aromatic carbocycles. The van der Waals surface area contributed by atoms with Gasteiger partial charge in [0.1, 0.15) is 5.76 Å². The lowest BCUT2D eigenvalue weighted by Crippen LogP contribution is -2.43. The summed E-state index contributed by atoms with van der Waals surface area (Å²) in [4.78, 5) is 19.9. The molecular formula is C24H27N5O2S. The average molecular weight is 450 g/mol. The number of carbonyl (C=O) groups is 1. The molecular weight excluding hydrogens is 422 g/mol. The van der Waals surface area contributed by atoms with Gasteiger partial charge in [0.05, 0.1) is 28.3 Å². The molecule has 0 saturated carbocycles. The number of fused-ring (bicyclic) bond motifs is 1. The third-order valence-corrected chi connectivity index (χ3v) is 7.18. The molecule has 1 atom stereocenters. The van der Waals surface area contributed by atoms with E-state index in [0.29, 0.717) is 19.5 Å². The van der Waals surface area contributed by atoms with Crippen molar-refractivity contribution < 1.29 is 9.21 Å². The molecule has 0 unspecified atom stereocenters. The monoisotopic (exact) mass is 449 g/mol. The van der Waals surface area contributed by atoms with Gasteiger partial charge in [0, 0.05) is 26.1 Å². The molecule has 4 aromatic rings. The van der Waals surface area contributed by atoms with E-state index in [9.17, 15) is 4.79 Å². The zero-order chi connectivity index (χ0) is 22.1. The standard InChI is InChI=1S/C24H27N5O2S/c1-16-7-9-19(10-8-16)29-22-21(17(2)27-29)32-24(26-22)28-13-3-5-18(15-28)23(30)25-12-11-20-6-4-14-31-20/h4,6-10,14,18H,3,5,11-13,15H2,1-2H3,(H,25,30)/t18-/m1/s1. The van der Waals surface area contributed by atoms with E-state index in [1.165, 1.54) is 5.56 Å². The summed E-state index contributed by atoms with van der Waals surface area (Å²) in [6.07, 6.45) is 4.26. The number of nitrogens with zero attached hydrogens (tertiary/aromatic N) is 4. The molecule has 5 rings (SSSR count). The highest BCUT2D eigenvalue weighted by Crippen LogP contribution is 2.34. The second-order valence-electron chi connectivity index (χ2n) is 8.39. The van der Waals surface area contributed by atoms with Crippen molar-refractivity contribution in [3.8, 4) is 5.69 Å². The van der Waals surface area contributed by atoms with Crippen molar-refractivity contribution in [1.82, 2.24) is 20.1 Å². The van der Waals surface area contributed by atoms with Crippen molar-refractivity contribution in [2.24, 2.45) is 5.92 Å². The smallest absolute Gasteiger partial charge is 0.224 e. The summed E-state index contributed by atoms with van der Waals surface area (Å²) < 4.78 is 8.37. The summed E-state index contributed by atoms with van der Waals surface area (Å²) in [6, 6.07) is 12.1. The number of aryl methyl sites for hydroxylation is 2. The van der Waals surface area contributed by atoms with Gasteiger partial charge in [-0.05, 0) is 51.0 Å². The first-order chi connectivity index (χ1) is 15.6. The molecule has 0 radical (unpaired) electrons. The maximum atomic E-state index is 12.7. The Morgan fingerprint density at radius 3 is 2.88 bits per heavy atom. The van der Waals surface area contributed by atoms with Crippen LogP contribution in [0, 0.1) is 19.8 Å². The Morgan fingerprint density at radius 1 is 1.25 bits per heavy atom. The Bertz CT molecular complexity index is 1210. The zero-order valence-electron chi connectivity index (χ0n) is 18.4. The summed E-state index contributed by atoms with van der Waals surface area (Å²) >= 11 is 1.67. The van der Waals surface area contributed by atoms with E-state index in [-0.39, 0.29) is 11.8 Å². The Hall–Kier alpha value is -3.13. The zero-order valence-corrected chi connectivity index (χ0v) is 19.2. The maximum absolute atomic E-state index is 12.7. The van der Waals surface area contributed by atoms with Crippen LogP contribution in [0.5, 0.6) is 0 Å². The highest BCUT2D eigenvalue weighted by atomic mass is 32.1. The number of hydrogen-bond acceptors (Lipinski definition) is 6. The fourth-order valence-electron chi connectivity index (χ4n) is 4.20. The van der Waals surface area contributed by atoms with E-state index < -0.39 is 0 Å². The Balaban J connectivity index is 1.29. The Kier molecular flexibility index (Phi) is 5.70. The Morgan fingerprint density at radius 2 is 2.09 bits per heavy atom. The molecule has 1 N–H and O–H groups in total. The number of thiazole rings is 1. The van der Waals surface area contributed by atoms with E-state index in [1.807, 2.05) is 23.7 Å². The summed E-state index contributed by atoms with van der Waals surface area (Å²) in [6.45, 7) is 6.31. The molecule has 7 nitrogen and oxygen atoms in total. The first-order valence-corrected chi connectivity index (χ1v) is 11.9. The van der Waals surface area contributed by atoms with Crippen LogP contribution in [-0.2, 0) is 11.2 Å². The van der Waals surface area contributed by atoms with Crippen LogP contribution in [0.3, 0.4) is 0 Å². The number of hydrogen-bond donors (Lipinski definition) is 1. The molecule has 1 aliphatic rings. The van der Waals surface area contributed by atoms with Crippen LogP contribution in [0.2, 0.25) is 0 Å². The minimum Gasteiger partial charge on any atom is -0.469 e. The Labute approximate surface area is 191 Å². The van der Waals surface area contributed by atoms with Gasteiger partial charge in [-0.2, -0.15) is 10.1 Å². The van der Waals surface area contributed by atoms with Crippen LogP contribution >= 0.6 is 11.3 Å². The van der Waals surface area contributed by atoms with Crippen molar-refractivity contribution >= 4 is 32.7 Å². The van der Waals surface area contributed by atoms with Gasteiger partial charge < -0.3 is 14.6 Å². The van der Waals surface area contributed by atoms with Crippen LogP contribution in [0.15, 0.2) is 47.1 Å². The van der Waals surface area contributed by atoms with Crippen molar-refractivity contribution in [2.75, 3.05) is 24.5 Å². The van der Waals surface area contributed by atoms with Gasteiger partial charge in [-0.25, -0.2) is 4.68 Å². The third kappa shape index (κ3) is 4.14. The van der Waals surface area contributed by atoms with Crippen LogP contribution in [-0.4, -0.2) is 40.3 Å². The number of carbonyl (C=O) groups excluding carboxylic acids is 1. The van der Waals surface area contributed by atoms with E-state index in [1.54, 1.807) is 17.6 Å². The quantitative estimate of drug-likeness (QED) is 0.476. The molecule has 4 heterocycles. The first kappa shape index (κ1) is 20.8. The topological polar surface area (TPSA) is 76.2 Å². The lowest BCUT2D eigenvalue weighted by Gasteiger charge is -2.31. The number of piperidine rings is 1. The van der Waals surface area contributed by atoms with Crippen LogP contribution in [0.4, 0.5) is 5.13 Å². The van der Waals surface area contributed by atoms with Gasteiger partial charge in [-0.1, -0.05) is 29.0 Å². The predicted octanol–water partition coefficient (Wildman–Crippen LogP) is 4.27.